The highest BCUT2D eigenvalue weighted by Crippen LogP contribution is 2.29. The van der Waals surface area contributed by atoms with Gasteiger partial charge in [-0.2, -0.15) is 0 Å². The van der Waals surface area contributed by atoms with Gasteiger partial charge in [-0.1, -0.05) is 6.92 Å². The van der Waals surface area contributed by atoms with Gasteiger partial charge in [-0.15, -0.1) is 0 Å². The fraction of sp³-hybridized carbons (Fsp3) is 0.450. The molecule has 0 aromatic carbocycles. The monoisotopic (exact) mass is 368 g/mol. The molecule has 2 aliphatic rings. The number of carbonyl (C=O) groups excluding carboxylic acids is 1. The van der Waals surface area contributed by atoms with Crippen molar-refractivity contribution in [3.05, 3.63) is 41.2 Å². The molecule has 0 bridgehead atoms. The Balaban J connectivity index is 1.45. The molecular formula is C20H24N4O3. The maximum absolute atomic E-state index is 11.8. The molecule has 7 nitrogen and oxygen atoms in total. The van der Waals surface area contributed by atoms with Crippen molar-refractivity contribution in [2.45, 2.75) is 32.9 Å². The molecule has 27 heavy (non-hydrogen) atoms. The van der Waals surface area contributed by atoms with Crippen molar-refractivity contribution in [1.29, 1.82) is 0 Å². The van der Waals surface area contributed by atoms with Crippen molar-refractivity contribution in [2.75, 3.05) is 25.1 Å². The number of ether oxygens (including phenoxy) is 2. The molecule has 1 fully saturated rings. The van der Waals surface area contributed by atoms with Crippen LogP contribution in [0, 0.1) is 12.8 Å². The molecule has 0 unspecified atom stereocenters. The number of pyridine rings is 2. The van der Waals surface area contributed by atoms with E-state index in [1.807, 2.05) is 25.1 Å². The summed E-state index contributed by atoms with van der Waals surface area (Å²) in [6, 6.07) is 5.65. The number of hydrogen-bond acceptors (Lipinski definition) is 6. The molecule has 2 aliphatic heterocycles. The van der Waals surface area contributed by atoms with Gasteiger partial charge in [-0.25, -0.2) is 9.97 Å². The van der Waals surface area contributed by atoms with Crippen molar-refractivity contribution in [3.63, 3.8) is 0 Å². The van der Waals surface area contributed by atoms with Crippen molar-refractivity contribution < 1.29 is 14.3 Å². The number of carbonyl (C=O) groups is 1. The number of aryl methyl sites for hydroxylation is 1. The first kappa shape index (κ1) is 17.6. The number of anilines is 1. The predicted molar refractivity (Wildman–Crippen MR) is 101 cm³/mol. The van der Waals surface area contributed by atoms with Crippen LogP contribution in [-0.4, -0.2) is 42.2 Å². The number of fused-ring (bicyclic) bond motifs is 1. The minimum Gasteiger partial charge on any atom is -0.488 e. The average molecular weight is 368 g/mol. The summed E-state index contributed by atoms with van der Waals surface area (Å²) >= 11 is 0. The van der Waals surface area contributed by atoms with Crippen LogP contribution in [0.5, 0.6) is 11.6 Å². The Hall–Kier alpha value is -2.83. The van der Waals surface area contributed by atoms with E-state index in [0.717, 1.165) is 42.3 Å². The average Bonchev–Trinajstić information content (AvgIpc) is 3.03. The number of rotatable bonds is 4. The Morgan fingerprint density at radius 3 is 2.89 bits per heavy atom. The number of piperidine rings is 1. The molecule has 4 rings (SSSR count). The molecule has 2 aromatic heterocycles. The lowest BCUT2D eigenvalue weighted by atomic mass is 9.96. The van der Waals surface area contributed by atoms with Crippen molar-refractivity contribution in [1.82, 2.24) is 15.3 Å². The Kier molecular flexibility index (Phi) is 4.59. The molecule has 2 aromatic rings. The standard InChI is InChI=1S/C20H24N4O3/c1-12-8-15-16(10-22-20(15)25)23-19(12)24-7-6-17(13(2)11-24)27-14-4-5-18(26-3)21-9-14/h4-5,8-9,13,17H,6-7,10-11H2,1-3H3,(H,22,25)/t13-,17-/m0/s1. The van der Waals surface area contributed by atoms with Crippen LogP contribution in [0.15, 0.2) is 24.4 Å². The molecule has 1 saturated heterocycles. The molecule has 4 heterocycles. The van der Waals surface area contributed by atoms with E-state index in [1.54, 1.807) is 13.3 Å². The Labute approximate surface area is 158 Å². The van der Waals surface area contributed by atoms with Gasteiger partial charge in [0, 0.05) is 31.5 Å². The molecular weight excluding hydrogens is 344 g/mol. The highest BCUT2D eigenvalue weighted by atomic mass is 16.5. The van der Waals surface area contributed by atoms with Gasteiger partial charge in [0.05, 0.1) is 31.1 Å². The SMILES string of the molecule is COc1ccc(O[C@H]2CCN(c3nc4c(cc3C)C(=O)NC4)C[C@@H]2C)cn1. The predicted octanol–water partition coefficient (Wildman–Crippen LogP) is 2.33. The summed E-state index contributed by atoms with van der Waals surface area (Å²) in [7, 11) is 1.60. The first-order valence-electron chi connectivity index (χ1n) is 9.25. The van der Waals surface area contributed by atoms with E-state index in [9.17, 15) is 4.79 Å². The zero-order chi connectivity index (χ0) is 19.0. The summed E-state index contributed by atoms with van der Waals surface area (Å²) in [4.78, 5) is 23.1. The van der Waals surface area contributed by atoms with Crippen LogP contribution in [0.4, 0.5) is 5.82 Å². The molecule has 0 aliphatic carbocycles. The van der Waals surface area contributed by atoms with E-state index in [4.69, 9.17) is 14.5 Å². The Bertz CT molecular complexity index is 853. The summed E-state index contributed by atoms with van der Waals surface area (Å²) in [5.74, 6) is 2.63. The number of nitrogens with zero attached hydrogens (tertiary/aromatic N) is 3. The quantitative estimate of drug-likeness (QED) is 0.893. The minimum atomic E-state index is -0.0271. The van der Waals surface area contributed by atoms with Crippen LogP contribution < -0.4 is 19.7 Å². The zero-order valence-corrected chi connectivity index (χ0v) is 15.9. The van der Waals surface area contributed by atoms with Crippen LogP contribution in [0.25, 0.3) is 0 Å². The van der Waals surface area contributed by atoms with Gasteiger partial charge >= 0.3 is 0 Å². The summed E-state index contributed by atoms with van der Waals surface area (Å²) < 4.78 is 11.2. The van der Waals surface area contributed by atoms with Crippen LogP contribution in [0.2, 0.25) is 0 Å². The first-order chi connectivity index (χ1) is 13.0. The van der Waals surface area contributed by atoms with Gasteiger partial charge < -0.3 is 19.7 Å². The van der Waals surface area contributed by atoms with Gasteiger partial charge in [0.25, 0.3) is 5.91 Å². The van der Waals surface area contributed by atoms with Crippen LogP contribution >= 0.6 is 0 Å². The molecule has 0 radical (unpaired) electrons. The van der Waals surface area contributed by atoms with E-state index in [-0.39, 0.29) is 12.0 Å². The molecule has 142 valence electrons. The fourth-order valence-corrected chi connectivity index (χ4v) is 3.77. The molecule has 1 amide bonds. The smallest absolute Gasteiger partial charge is 0.253 e. The zero-order valence-electron chi connectivity index (χ0n) is 15.9. The largest absolute Gasteiger partial charge is 0.488 e. The van der Waals surface area contributed by atoms with Gasteiger partial charge in [-0.3, -0.25) is 4.79 Å². The minimum absolute atomic E-state index is 0.0271. The van der Waals surface area contributed by atoms with E-state index in [1.165, 1.54) is 0 Å². The lowest BCUT2D eigenvalue weighted by molar-refractivity contribution is 0.0965. The summed E-state index contributed by atoms with van der Waals surface area (Å²) in [6.45, 7) is 6.46. The normalized spacial score (nSPS) is 21.6. The topological polar surface area (TPSA) is 76.6 Å². The van der Waals surface area contributed by atoms with Gasteiger partial charge in [0.1, 0.15) is 17.7 Å². The highest BCUT2D eigenvalue weighted by molar-refractivity contribution is 5.98. The molecule has 7 heteroatoms. The second-order valence-electron chi connectivity index (χ2n) is 7.21. The molecule has 0 saturated carbocycles. The van der Waals surface area contributed by atoms with E-state index >= 15 is 0 Å². The first-order valence-corrected chi connectivity index (χ1v) is 9.25. The fourth-order valence-electron chi connectivity index (χ4n) is 3.77. The van der Waals surface area contributed by atoms with Crippen LogP contribution in [0.3, 0.4) is 0 Å². The second kappa shape index (κ2) is 7.06. The van der Waals surface area contributed by atoms with Crippen molar-refractivity contribution in [2.24, 2.45) is 5.92 Å². The molecule has 0 spiro atoms. The molecule has 2 atom stereocenters. The van der Waals surface area contributed by atoms with E-state index < -0.39 is 0 Å². The van der Waals surface area contributed by atoms with Gasteiger partial charge in [0.2, 0.25) is 5.88 Å². The number of methoxy groups -OCH3 is 1. The number of hydrogen-bond donors (Lipinski definition) is 1. The molecule has 1 N–H and O–H groups in total. The Morgan fingerprint density at radius 1 is 1.33 bits per heavy atom. The third-order valence-electron chi connectivity index (χ3n) is 5.26. The maximum atomic E-state index is 11.8. The number of amides is 1. The third kappa shape index (κ3) is 3.41. The summed E-state index contributed by atoms with van der Waals surface area (Å²) in [5.41, 5.74) is 2.59. The van der Waals surface area contributed by atoms with E-state index in [2.05, 4.69) is 22.1 Å². The van der Waals surface area contributed by atoms with Gasteiger partial charge in [0.15, 0.2) is 0 Å². The lowest BCUT2D eigenvalue weighted by Gasteiger charge is -2.38. The van der Waals surface area contributed by atoms with Crippen LogP contribution in [0.1, 0.15) is 35.0 Å². The Morgan fingerprint density at radius 2 is 2.19 bits per heavy atom. The third-order valence-corrected chi connectivity index (χ3v) is 5.26. The summed E-state index contributed by atoms with van der Waals surface area (Å²) in [6.07, 6.45) is 2.74. The van der Waals surface area contributed by atoms with Crippen molar-refractivity contribution in [3.8, 4) is 11.6 Å². The maximum Gasteiger partial charge on any atom is 0.253 e. The summed E-state index contributed by atoms with van der Waals surface area (Å²) in [5, 5.41) is 2.84. The van der Waals surface area contributed by atoms with Gasteiger partial charge in [-0.05, 0) is 24.6 Å². The lowest BCUT2D eigenvalue weighted by Crippen LogP contribution is -2.45. The number of aromatic nitrogens is 2. The highest BCUT2D eigenvalue weighted by Gasteiger charge is 2.30. The van der Waals surface area contributed by atoms with E-state index in [0.29, 0.717) is 23.9 Å². The number of nitrogens with one attached hydrogen (secondary N) is 1. The van der Waals surface area contributed by atoms with Crippen molar-refractivity contribution >= 4 is 11.7 Å². The second-order valence-corrected chi connectivity index (χ2v) is 7.21. The van der Waals surface area contributed by atoms with Crippen LogP contribution in [-0.2, 0) is 6.54 Å².